The Morgan fingerprint density at radius 2 is 2.20 bits per heavy atom. The third-order valence-corrected chi connectivity index (χ3v) is 3.64. The number of carbonyl (C=O) groups excluding carboxylic acids is 1. The molecule has 1 aromatic carbocycles. The summed E-state index contributed by atoms with van der Waals surface area (Å²) in [7, 11) is 1.42. The van der Waals surface area contributed by atoms with Crippen LogP contribution in [0.5, 0.6) is 0 Å². The minimum atomic E-state index is -0.180. The molecule has 0 aliphatic carbocycles. The largest absolute Gasteiger partial charge is 0.468 e. The first-order valence-corrected chi connectivity index (χ1v) is 5.86. The normalized spacial score (nSPS) is 25.1. The Morgan fingerprint density at radius 1 is 1.47 bits per heavy atom. The Hall–Kier alpha value is -1.00. The fourth-order valence-corrected chi connectivity index (χ4v) is 2.80. The number of carbonyl (C=O) groups is 1. The summed E-state index contributed by atoms with van der Waals surface area (Å²) in [6.45, 7) is 0. The van der Waals surface area contributed by atoms with Gasteiger partial charge >= 0.3 is 5.97 Å². The zero-order chi connectivity index (χ0) is 10.7. The molecule has 15 heavy (non-hydrogen) atoms. The van der Waals surface area contributed by atoms with Gasteiger partial charge in [0, 0.05) is 5.75 Å². The SMILES string of the molecule is COC(=O)[C@@H]1CS[C@@H](c2ccccc2)N1. The lowest BCUT2D eigenvalue weighted by molar-refractivity contribution is -0.142. The predicted octanol–water partition coefficient (Wildman–Crippen LogP) is 1.56. The summed E-state index contributed by atoms with van der Waals surface area (Å²) in [6.07, 6.45) is 0. The molecule has 0 saturated carbocycles. The first kappa shape index (κ1) is 10.5. The molecule has 1 fully saturated rings. The highest BCUT2D eigenvalue weighted by molar-refractivity contribution is 7.99. The van der Waals surface area contributed by atoms with Crippen molar-refractivity contribution in [2.24, 2.45) is 0 Å². The lowest BCUT2D eigenvalue weighted by atomic mass is 10.2. The molecule has 1 aromatic rings. The summed E-state index contributed by atoms with van der Waals surface area (Å²) < 4.78 is 4.70. The third-order valence-electron chi connectivity index (χ3n) is 2.37. The number of esters is 1. The first-order valence-electron chi connectivity index (χ1n) is 4.81. The Morgan fingerprint density at radius 3 is 2.87 bits per heavy atom. The van der Waals surface area contributed by atoms with Crippen LogP contribution in [-0.4, -0.2) is 24.9 Å². The summed E-state index contributed by atoms with van der Waals surface area (Å²) >= 11 is 1.74. The van der Waals surface area contributed by atoms with Gasteiger partial charge < -0.3 is 4.74 Å². The molecule has 1 N–H and O–H groups in total. The van der Waals surface area contributed by atoms with Gasteiger partial charge in [-0.2, -0.15) is 0 Å². The van der Waals surface area contributed by atoms with Gasteiger partial charge in [0.2, 0.25) is 0 Å². The number of rotatable bonds is 2. The highest BCUT2D eigenvalue weighted by Gasteiger charge is 2.30. The molecule has 2 rings (SSSR count). The molecule has 2 atom stereocenters. The summed E-state index contributed by atoms with van der Waals surface area (Å²) in [4.78, 5) is 11.3. The molecule has 0 bridgehead atoms. The van der Waals surface area contributed by atoms with E-state index in [1.165, 1.54) is 12.7 Å². The summed E-state index contributed by atoms with van der Waals surface area (Å²) in [6, 6.07) is 9.94. The van der Waals surface area contributed by atoms with Crippen molar-refractivity contribution < 1.29 is 9.53 Å². The van der Waals surface area contributed by atoms with Crippen molar-refractivity contribution in [3.63, 3.8) is 0 Å². The third kappa shape index (κ3) is 2.33. The van der Waals surface area contributed by atoms with Crippen molar-refractivity contribution in [1.29, 1.82) is 0 Å². The van der Waals surface area contributed by atoms with Crippen LogP contribution in [0.1, 0.15) is 10.9 Å². The molecule has 1 aliphatic heterocycles. The van der Waals surface area contributed by atoms with Crippen LogP contribution >= 0.6 is 11.8 Å². The van der Waals surface area contributed by atoms with Crippen LogP contribution in [0.25, 0.3) is 0 Å². The standard InChI is InChI=1S/C11H13NO2S/c1-14-11(13)9-7-15-10(12-9)8-5-3-2-4-6-8/h2-6,9-10,12H,7H2,1H3/t9-,10-/m0/s1. The molecular weight excluding hydrogens is 210 g/mol. The van der Waals surface area contributed by atoms with E-state index in [4.69, 9.17) is 4.74 Å². The Kier molecular flexibility index (Phi) is 3.28. The smallest absolute Gasteiger partial charge is 0.323 e. The van der Waals surface area contributed by atoms with Crippen molar-refractivity contribution in [2.75, 3.05) is 12.9 Å². The van der Waals surface area contributed by atoms with Crippen LogP contribution < -0.4 is 5.32 Å². The predicted molar refractivity (Wildman–Crippen MR) is 60.6 cm³/mol. The van der Waals surface area contributed by atoms with E-state index in [1.54, 1.807) is 11.8 Å². The van der Waals surface area contributed by atoms with Crippen LogP contribution in [-0.2, 0) is 9.53 Å². The highest BCUT2D eigenvalue weighted by Crippen LogP contribution is 2.32. The zero-order valence-corrected chi connectivity index (χ0v) is 9.29. The molecule has 0 unspecified atom stereocenters. The van der Waals surface area contributed by atoms with Gasteiger partial charge in [0.05, 0.1) is 12.5 Å². The first-order chi connectivity index (χ1) is 7.31. The minimum absolute atomic E-state index is 0.176. The van der Waals surface area contributed by atoms with Crippen molar-refractivity contribution in [1.82, 2.24) is 5.32 Å². The molecule has 0 radical (unpaired) electrons. The highest BCUT2D eigenvalue weighted by atomic mass is 32.2. The number of nitrogens with one attached hydrogen (secondary N) is 1. The number of hydrogen-bond acceptors (Lipinski definition) is 4. The summed E-state index contributed by atoms with van der Waals surface area (Å²) in [5, 5.41) is 3.45. The van der Waals surface area contributed by atoms with E-state index in [2.05, 4.69) is 17.4 Å². The second-order valence-electron chi connectivity index (χ2n) is 3.37. The average molecular weight is 223 g/mol. The van der Waals surface area contributed by atoms with E-state index >= 15 is 0 Å². The molecule has 0 amide bonds. The molecule has 0 spiro atoms. The fraction of sp³-hybridized carbons (Fsp3) is 0.364. The van der Waals surface area contributed by atoms with E-state index in [9.17, 15) is 4.79 Å². The van der Waals surface area contributed by atoms with Crippen LogP contribution in [0, 0.1) is 0 Å². The minimum Gasteiger partial charge on any atom is -0.468 e. The van der Waals surface area contributed by atoms with E-state index in [-0.39, 0.29) is 17.4 Å². The molecular formula is C11H13NO2S. The van der Waals surface area contributed by atoms with E-state index in [1.807, 2.05) is 18.2 Å². The molecule has 4 heteroatoms. The maximum atomic E-state index is 11.3. The Bertz CT molecular complexity index is 342. The maximum Gasteiger partial charge on any atom is 0.323 e. The van der Waals surface area contributed by atoms with E-state index in [0.29, 0.717) is 0 Å². The molecule has 1 saturated heterocycles. The van der Waals surface area contributed by atoms with Crippen molar-refractivity contribution >= 4 is 17.7 Å². The van der Waals surface area contributed by atoms with Crippen LogP contribution in [0.4, 0.5) is 0 Å². The number of hydrogen-bond donors (Lipinski definition) is 1. The fourth-order valence-electron chi connectivity index (χ4n) is 1.57. The van der Waals surface area contributed by atoms with Gasteiger partial charge in [-0.25, -0.2) is 0 Å². The topological polar surface area (TPSA) is 38.3 Å². The molecule has 1 heterocycles. The molecule has 1 aliphatic rings. The Labute approximate surface area is 93.2 Å². The van der Waals surface area contributed by atoms with Gasteiger partial charge in [-0.05, 0) is 5.56 Å². The average Bonchev–Trinajstić information content (AvgIpc) is 2.78. The van der Waals surface area contributed by atoms with Gasteiger partial charge in [-0.3, -0.25) is 10.1 Å². The van der Waals surface area contributed by atoms with Crippen LogP contribution in [0.15, 0.2) is 30.3 Å². The second-order valence-corrected chi connectivity index (χ2v) is 4.50. The van der Waals surface area contributed by atoms with Gasteiger partial charge in [0.1, 0.15) is 6.04 Å². The summed E-state index contributed by atoms with van der Waals surface area (Å²) in [5.41, 5.74) is 1.20. The molecule has 3 nitrogen and oxygen atoms in total. The number of benzene rings is 1. The zero-order valence-electron chi connectivity index (χ0n) is 8.47. The molecule has 80 valence electrons. The lowest BCUT2D eigenvalue weighted by Crippen LogP contribution is -2.34. The van der Waals surface area contributed by atoms with Crippen molar-refractivity contribution in [2.45, 2.75) is 11.4 Å². The van der Waals surface area contributed by atoms with Gasteiger partial charge in [-0.15, -0.1) is 11.8 Å². The van der Waals surface area contributed by atoms with Gasteiger partial charge in [0.25, 0.3) is 0 Å². The van der Waals surface area contributed by atoms with Crippen molar-refractivity contribution in [3.8, 4) is 0 Å². The molecule has 0 aromatic heterocycles. The van der Waals surface area contributed by atoms with E-state index in [0.717, 1.165) is 5.75 Å². The number of ether oxygens (including phenoxy) is 1. The number of thioether (sulfide) groups is 1. The van der Waals surface area contributed by atoms with Crippen molar-refractivity contribution in [3.05, 3.63) is 35.9 Å². The van der Waals surface area contributed by atoms with Crippen LogP contribution in [0.2, 0.25) is 0 Å². The number of methoxy groups -OCH3 is 1. The summed E-state index contributed by atoms with van der Waals surface area (Å²) in [5.74, 6) is 0.590. The van der Waals surface area contributed by atoms with E-state index < -0.39 is 0 Å². The quantitative estimate of drug-likeness (QED) is 0.772. The van der Waals surface area contributed by atoms with Crippen LogP contribution in [0.3, 0.4) is 0 Å². The maximum absolute atomic E-state index is 11.3. The van der Waals surface area contributed by atoms with Gasteiger partial charge in [-0.1, -0.05) is 30.3 Å². The Balaban J connectivity index is 2.02. The monoisotopic (exact) mass is 223 g/mol. The second kappa shape index (κ2) is 4.68. The van der Waals surface area contributed by atoms with Gasteiger partial charge in [0.15, 0.2) is 0 Å². The lowest BCUT2D eigenvalue weighted by Gasteiger charge is -2.11.